The van der Waals surface area contributed by atoms with Crippen LogP contribution in [0.5, 0.6) is 5.75 Å². The van der Waals surface area contributed by atoms with Crippen LogP contribution >= 0.6 is 22.9 Å². The van der Waals surface area contributed by atoms with Gasteiger partial charge in [-0.25, -0.2) is 4.98 Å². The SMILES string of the molecule is CCNC(c1nc(C)c(C)s1)c1c(Cl)cccc1OC. The van der Waals surface area contributed by atoms with Crippen LogP contribution in [0.1, 0.15) is 34.1 Å². The average molecular weight is 311 g/mol. The minimum Gasteiger partial charge on any atom is -0.496 e. The topological polar surface area (TPSA) is 34.2 Å². The second kappa shape index (κ2) is 6.57. The summed E-state index contributed by atoms with van der Waals surface area (Å²) in [5, 5.41) is 5.17. The smallest absolute Gasteiger partial charge is 0.125 e. The molecular weight excluding hydrogens is 292 g/mol. The van der Waals surface area contributed by atoms with Crippen molar-refractivity contribution >= 4 is 22.9 Å². The molecule has 1 N–H and O–H groups in total. The molecule has 0 aliphatic heterocycles. The van der Waals surface area contributed by atoms with Crippen molar-refractivity contribution in [3.8, 4) is 5.75 Å². The van der Waals surface area contributed by atoms with Crippen molar-refractivity contribution in [2.75, 3.05) is 13.7 Å². The number of halogens is 1. The third-order valence-electron chi connectivity index (χ3n) is 3.22. The van der Waals surface area contributed by atoms with E-state index in [0.717, 1.165) is 28.6 Å². The van der Waals surface area contributed by atoms with Gasteiger partial charge in [0.05, 0.1) is 18.8 Å². The number of rotatable bonds is 5. The van der Waals surface area contributed by atoms with E-state index in [0.29, 0.717) is 5.02 Å². The number of ether oxygens (including phenoxy) is 1. The molecule has 0 bridgehead atoms. The lowest BCUT2D eigenvalue weighted by molar-refractivity contribution is 0.404. The summed E-state index contributed by atoms with van der Waals surface area (Å²) in [4.78, 5) is 5.89. The summed E-state index contributed by atoms with van der Waals surface area (Å²) < 4.78 is 5.46. The standard InChI is InChI=1S/C15H19ClN2OS/c1-5-17-14(15-18-9(2)10(3)20-15)13-11(16)7-6-8-12(13)19-4/h6-8,14,17H,5H2,1-4H3. The maximum atomic E-state index is 6.39. The van der Waals surface area contributed by atoms with Crippen molar-refractivity contribution in [3.05, 3.63) is 44.4 Å². The summed E-state index contributed by atoms with van der Waals surface area (Å²) in [6, 6.07) is 5.67. The van der Waals surface area contributed by atoms with Crippen molar-refractivity contribution in [3.63, 3.8) is 0 Å². The lowest BCUT2D eigenvalue weighted by Gasteiger charge is -2.20. The van der Waals surface area contributed by atoms with Crippen LogP contribution in [0.4, 0.5) is 0 Å². The molecule has 5 heteroatoms. The Balaban J connectivity index is 2.53. The summed E-state index contributed by atoms with van der Waals surface area (Å²) in [5.74, 6) is 0.786. The molecule has 0 aliphatic carbocycles. The van der Waals surface area contributed by atoms with Gasteiger partial charge in [-0.3, -0.25) is 0 Å². The molecule has 2 aromatic rings. The number of methoxy groups -OCH3 is 1. The minimum absolute atomic E-state index is 0.0407. The summed E-state index contributed by atoms with van der Waals surface area (Å²) in [7, 11) is 1.66. The van der Waals surface area contributed by atoms with Gasteiger partial charge in [-0.1, -0.05) is 24.6 Å². The molecule has 1 heterocycles. The van der Waals surface area contributed by atoms with E-state index in [9.17, 15) is 0 Å². The number of nitrogens with zero attached hydrogens (tertiary/aromatic N) is 1. The molecule has 2 rings (SSSR count). The molecule has 1 aromatic carbocycles. The zero-order valence-corrected chi connectivity index (χ0v) is 13.7. The molecule has 1 atom stereocenters. The first kappa shape index (κ1) is 15.3. The number of benzene rings is 1. The van der Waals surface area contributed by atoms with Crippen LogP contribution in [-0.2, 0) is 0 Å². The summed E-state index contributed by atoms with van der Waals surface area (Å²) in [6.07, 6.45) is 0. The normalized spacial score (nSPS) is 12.4. The van der Waals surface area contributed by atoms with Gasteiger partial charge >= 0.3 is 0 Å². The number of aromatic nitrogens is 1. The van der Waals surface area contributed by atoms with E-state index in [1.54, 1.807) is 18.4 Å². The van der Waals surface area contributed by atoms with Gasteiger partial charge in [0.15, 0.2) is 0 Å². The zero-order valence-electron chi connectivity index (χ0n) is 12.2. The lowest BCUT2D eigenvalue weighted by atomic mass is 10.1. The van der Waals surface area contributed by atoms with Gasteiger partial charge in [0.25, 0.3) is 0 Å². The predicted molar refractivity (Wildman–Crippen MR) is 85.1 cm³/mol. The summed E-state index contributed by atoms with van der Waals surface area (Å²) in [6.45, 7) is 7.02. The number of nitrogens with one attached hydrogen (secondary N) is 1. The van der Waals surface area contributed by atoms with Crippen LogP contribution < -0.4 is 10.1 Å². The Hall–Kier alpha value is -1.10. The van der Waals surface area contributed by atoms with Gasteiger partial charge in [0, 0.05) is 15.5 Å². The van der Waals surface area contributed by atoms with E-state index in [4.69, 9.17) is 16.3 Å². The average Bonchev–Trinajstić information content (AvgIpc) is 2.76. The van der Waals surface area contributed by atoms with Gasteiger partial charge in [0.2, 0.25) is 0 Å². The first-order chi connectivity index (χ1) is 9.58. The third-order valence-corrected chi connectivity index (χ3v) is 4.69. The van der Waals surface area contributed by atoms with E-state index < -0.39 is 0 Å². The molecule has 0 amide bonds. The van der Waals surface area contributed by atoms with Crippen LogP contribution in [0.2, 0.25) is 5.02 Å². The second-order valence-electron chi connectivity index (χ2n) is 4.54. The van der Waals surface area contributed by atoms with E-state index in [1.165, 1.54) is 4.88 Å². The molecule has 0 aliphatic rings. The van der Waals surface area contributed by atoms with Gasteiger partial charge in [-0.15, -0.1) is 11.3 Å². The lowest BCUT2D eigenvalue weighted by Crippen LogP contribution is -2.22. The van der Waals surface area contributed by atoms with Crippen LogP contribution in [0.3, 0.4) is 0 Å². The Bertz CT molecular complexity index is 578. The Kier molecular flexibility index (Phi) is 5.02. The quantitative estimate of drug-likeness (QED) is 0.902. The third kappa shape index (κ3) is 2.97. The Morgan fingerprint density at radius 1 is 1.40 bits per heavy atom. The molecule has 108 valence electrons. The Morgan fingerprint density at radius 3 is 2.70 bits per heavy atom. The minimum atomic E-state index is -0.0407. The molecule has 3 nitrogen and oxygen atoms in total. The summed E-state index contributed by atoms with van der Waals surface area (Å²) >= 11 is 8.09. The second-order valence-corrected chi connectivity index (χ2v) is 6.18. The Labute approximate surface area is 129 Å². The van der Waals surface area contributed by atoms with Gasteiger partial charge in [0.1, 0.15) is 10.8 Å². The number of hydrogen-bond acceptors (Lipinski definition) is 4. The molecule has 0 saturated heterocycles. The first-order valence-corrected chi connectivity index (χ1v) is 7.77. The van der Waals surface area contributed by atoms with E-state index >= 15 is 0 Å². The van der Waals surface area contributed by atoms with Crippen molar-refractivity contribution in [2.24, 2.45) is 0 Å². The monoisotopic (exact) mass is 310 g/mol. The highest BCUT2D eigenvalue weighted by molar-refractivity contribution is 7.11. The first-order valence-electron chi connectivity index (χ1n) is 6.58. The molecule has 0 spiro atoms. The fourth-order valence-electron chi connectivity index (χ4n) is 2.11. The number of hydrogen-bond donors (Lipinski definition) is 1. The van der Waals surface area contributed by atoms with E-state index in [2.05, 4.69) is 24.1 Å². The molecule has 0 radical (unpaired) electrons. The summed E-state index contributed by atoms with van der Waals surface area (Å²) in [5.41, 5.74) is 2.02. The maximum absolute atomic E-state index is 6.39. The zero-order chi connectivity index (χ0) is 14.7. The van der Waals surface area contributed by atoms with Gasteiger partial charge < -0.3 is 10.1 Å². The van der Waals surface area contributed by atoms with Crippen LogP contribution in [0.15, 0.2) is 18.2 Å². The number of thiazole rings is 1. The molecule has 20 heavy (non-hydrogen) atoms. The van der Waals surface area contributed by atoms with Gasteiger partial charge in [-0.05, 0) is 32.5 Å². The fourth-order valence-corrected chi connectivity index (χ4v) is 3.40. The van der Waals surface area contributed by atoms with Crippen molar-refractivity contribution in [2.45, 2.75) is 26.8 Å². The van der Waals surface area contributed by atoms with Crippen LogP contribution in [0, 0.1) is 13.8 Å². The van der Waals surface area contributed by atoms with Crippen molar-refractivity contribution in [1.29, 1.82) is 0 Å². The molecule has 0 saturated carbocycles. The predicted octanol–water partition coefficient (Wildman–Crippen LogP) is 4.12. The van der Waals surface area contributed by atoms with Crippen molar-refractivity contribution in [1.82, 2.24) is 10.3 Å². The molecular formula is C15H19ClN2OS. The maximum Gasteiger partial charge on any atom is 0.125 e. The Morgan fingerprint density at radius 2 is 2.15 bits per heavy atom. The fraction of sp³-hybridized carbons (Fsp3) is 0.400. The van der Waals surface area contributed by atoms with E-state index in [-0.39, 0.29) is 6.04 Å². The highest BCUT2D eigenvalue weighted by atomic mass is 35.5. The van der Waals surface area contributed by atoms with E-state index in [1.807, 2.05) is 25.1 Å². The highest BCUT2D eigenvalue weighted by Gasteiger charge is 2.23. The largest absolute Gasteiger partial charge is 0.496 e. The highest BCUT2D eigenvalue weighted by Crippen LogP contribution is 2.37. The van der Waals surface area contributed by atoms with Crippen molar-refractivity contribution < 1.29 is 4.74 Å². The molecule has 1 aromatic heterocycles. The van der Waals surface area contributed by atoms with Gasteiger partial charge in [-0.2, -0.15) is 0 Å². The van der Waals surface area contributed by atoms with Crippen LogP contribution in [-0.4, -0.2) is 18.6 Å². The molecule has 0 fully saturated rings. The molecule has 1 unspecified atom stereocenters. The number of aryl methyl sites for hydroxylation is 2. The van der Waals surface area contributed by atoms with Crippen LogP contribution in [0.25, 0.3) is 0 Å².